The first-order valence-electron chi connectivity index (χ1n) is 11.4. The number of hydrogen-bond donors (Lipinski definition) is 1. The number of anilines is 2. The molecule has 164 valence electrons. The van der Waals surface area contributed by atoms with E-state index in [1.165, 1.54) is 5.69 Å². The fraction of sp³-hybridized carbons (Fsp3) is 0.522. The summed E-state index contributed by atoms with van der Waals surface area (Å²) in [6, 6.07) is 6.27. The lowest BCUT2D eigenvalue weighted by Gasteiger charge is -2.33. The standard InChI is InChI=1S/C23H27BN6O2/c1-26-23(31)28-8-4-20-18(14-28)22(27-30(20)17-5-9-32-10-6-17)29-7-2-3-15-11-19(24)16(13-25)12-21(15)29/h11-12,17H,2-10,14H2,1H3,(H,26,31). The van der Waals surface area contributed by atoms with Crippen LogP contribution in [0.3, 0.4) is 0 Å². The fourth-order valence-electron chi connectivity index (χ4n) is 5.18. The maximum atomic E-state index is 12.4. The summed E-state index contributed by atoms with van der Waals surface area (Å²) < 4.78 is 7.78. The molecule has 2 aromatic rings. The van der Waals surface area contributed by atoms with Gasteiger partial charge in [-0.15, -0.1) is 0 Å². The smallest absolute Gasteiger partial charge is 0.317 e. The molecule has 9 heteroatoms. The highest BCUT2D eigenvalue weighted by Gasteiger charge is 2.33. The van der Waals surface area contributed by atoms with Crippen molar-refractivity contribution in [2.24, 2.45) is 0 Å². The zero-order valence-corrected chi connectivity index (χ0v) is 18.4. The summed E-state index contributed by atoms with van der Waals surface area (Å²) in [6.07, 6.45) is 4.57. The zero-order valence-electron chi connectivity index (χ0n) is 18.4. The van der Waals surface area contributed by atoms with Crippen molar-refractivity contribution in [3.8, 4) is 6.07 Å². The molecule has 0 aliphatic carbocycles. The van der Waals surface area contributed by atoms with Crippen molar-refractivity contribution >= 4 is 30.8 Å². The van der Waals surface area contributed by atoms with Crippen LogP contribution in [0.1, 0.15) is 47.7 Å². The van der Waals surface area contributed by atoms with Crippen LogP contribution in [0, 0.1) is 11.3 Å². The maximum absolute atomic E-state index is 12.4. The largest absolute Gasteiger partial charge is 0.381 e. The second-order valence-electron chi connectivity index (χ2n) is 8.70. The van der Waals surface area contributed by atoms with E-state index in [1.54, 1.807) is 7.05 Å². The Hall–Kier alpha value is -2.99. The van der Waals surface area contributed by atoms with Crippen LogP contribution < -0.4 is 15.7 Å². The van der Waals surface area contributed by atoms with Crippen LogP contribution in [-0.2, 0) is 24.1 Å². The molecule has 4 heterocycles. The van der Waals surface area contributed by atoms with Crippen LogP contribution in [0.15, 0.2) is 12.1 Å². The Labute approximate surface area is 189 Å². The molecule has 2 radical (unpaired) electrons. The van der Waals surface area contributed by atoms with Gasteiger partial charge in [-0.05, 0) is 37.3 Å². The molecular formula is C23H27BN6O2. The number of rotatable bonds is 2. The van der Waals surface area contributed by atoms with E-state index in [-0.39, 0.29) is 6.03 Å². The molecule has 3 aliphatic heterocycles. The number of ether oxygens (including phenoxy) is 1. The number of aromatic nitrogens is 2. The average Bonchev–Trinajstić information content (AvgIpc) is 3.22. The number of nitrogens with zero attached hydrogens (tertiary/aromatic N) is 5. The number of urea groups is 1. The first kappa shape index (κ1) is 20.9. The third-order valence-electron chi connectivity index (χ3n) is 6.85. The van der Waals surface area contributed by atoms with E-state index in [0.29, 0.717) is 30.2 Å². The summed E-state index contributed by atoms with van der Waals surface area (Å²) in [5.74, 6) is 0.898. The van der Waals surface area contributed by atoms with Gasteiger partial charge in [0.05, 0.1) is 18.7 Å². The zero-order chi connectivity index (χ0) is 22.2. The number of carbonyl (C=O) groups excluding carboxylic acids is 1. The molecule has 0 bridgehead atoms. The Balaban J connectivity index is 1.61. The van der Waals surface area contributed by atoms with Crippen molar-refractivity contribution < 1.29 is 9.53 Å². The molecule has 1 aromatic carbocycles. The minimum atomic E-state index is -0.0704. The van der Waals surface area contributed by atoms with Crippen LogP contribution in [-0.4, -0.2) is 61.9 Å². The maximum Gasteiger partial charge on any atom is 0.317 e. The van der Waals surface area contributed by atoms with Gasteiger partial charge in [-0.25, -0.2) is 4.79 Å². The molecule has 1 fully saturated rings. The van der Waals surface area contributed by atoms with Gasteiger partial charge in [-0.3, -0.25) is 4.68 Å². The van der Waals surface area contributed by atoms with Crippen molar-refractivity contribution in [1.29, 1.82) is 5.26 Å². The molecule has 1 saturated heterocycles. The predicted molar refractivity (Wildman–Crippen MR) is 122 cm³/mol. The normalized spacial score (nSPS) is 18.6. The van der Waals surface area contributed by atoms with E-state index in [2.05, 4.69) is 21.0 Å². The van der Waals surface area contributed by atoms with Gasteiger partial charge in [-0.1, -0.05) is 11.5 Å². The summed E-state index contributed by atoms with van der Waals surface area (Å²) in [5.41, 5.74) is 5.47. The van der Waals surface area contributed by atoms with Crippen molar-refractivity contribution in [3.63, 3.8) is 0 Å². The number of hydrogen-bond acceptors (Lipinski definition) is 5. The molecule has 0 unspecified atom stereocenters. The van der Waals surface area contributed by atoms with Crippen LogP contribution in [0.25, 0.3) is 0 Å². The molecule has 0 atom stereocenters. The molecule has 0 spiro atoms. The monoisotopic (exact) mass is 430 g/mol. The van der Waals surface area contributed by atoms with Gasteiger partial charge >= 0.3 is 6.03 Å². The molecule has 2 amide bonds. The van der Waals surface area contributed by atoms with E-state index in [0.717, 1.165) is 74.5 Å². The quantitative estimate of drug-likeness (QED) is 0.733. The minimum Gasteiger partial charge on any atom is -0.381 e. The number of nitrogens with one attached hydrogen (secondary N) is 1. The van der Waals surface area contributed by atoms with Crippen LogP contribution in [0.4, 0.5) is 16.3 Å². The summed E-state index contributed by atoms with van der Waals surface area (Å²) in [4.78, 5) is 16.5. The van der Waals surface area contributed by atoms with E-state index in [1.807, 2.05) is 17.0 Å². The van der Waals surface area contributed by atoms with Gasteiger partial charge in [0, 0.05) is 62.3 Å². The van der Waals surface area contributed by atoms with Gasteiger partial charge in [0.15, 0.2) is 5.82 Å². The van der Waals surface area contributed by atoms with Crippen LogP contribution in [0.5, 0.6) is 0 Å². The Morgan fingerprint density at radius 3 is 2.84 bits per heavy atom. The lowest BCUT2D eigenvalue weighted by molar-refractivity contribution is 0.0651. The third kappa shape index (κ3) is 3.53. The first-order chi connectivity index (χ1) is 15.6. The molecule has 0 saturated carbocycles. The highest BCUT2D eigenvalue weighted by atomic mass is 16.5. The van der Waals surface area contributed by atoms with Gasteiger partial charge < -0.3 is 19.9 Å². The van der Waals surface area contributed by atoms with Crippen molar-refractivity contribution in [1.82, 2.24) is 20.0 Å². The molecule has 1 aromatic heterocycles. The first-order valence-corrected chi connectivity index (χ1v) is 11.4. The number of fused-ring (bicyclic) bond motifs is 2. The predicted octanol–water partition coefficient (Wildman–Crippen LogP) is 1.68. The number of amides is 2. The summed E-state index contributed by atoms with van der Waals surface area (Å²) in [6.45, 7) is 3.51. The van der Waals surface area contributed by atoms with Crippen molar-refractivity contribution in [2.75, 3.05) is 38.3 Å². The molecule has 5 rings (SSSR count). The Bertz CT molecular complexity index is 1090. The van der Waals surface area contributed by atoms with E-state index in [4.69, 9.17) is 17.7 Å². The highest BCUT2D eigenvalue weighted by molar-refractivity contribution is 6.34. The molecule has 3 aliphatic rings. The Morgan fingerprint density at radius 1 is 1.28 bits per heavy atom. The van der Waals surface area contributed by atoms with Gasteiger partial charge in [-0.2, -0.15) is 10.4 Å². The summed E-state index contributed by atoms with van der Waals surface area (Å²) in [5, 5.41) is 17.4. The molecule has 8 nitrogen and oxygen atoms in total. The highest BCUT2D eigenvalue weighted by Crippen LogP contribution is 2.39. The van der Waals surface area contributed by atoms with Crippen molar-refractivity contribution in [3.05, 3.63) is 34.5 Å². The molecular weight excluding hydrogens is 403 g/mol. The van der Waals surface area contributed by atoms with Crippen LogP contribution in [0.2, 0.25) is 0 Å². The van der Waals surface area contributed by atoms with Crippen molar-refractivity contribution in [2.45, 2.75) is 44.7 Å². The van der Waals surface area contributed by atoms with E-state index >= 15 is 0 Å². The number of carbonyl (C=O) groups is 1. The van der Waals surface area contributed by atoms with Crippen LogP contribution >= 0.6 is 0 Å². The SMILES string of the molecule is [B]c1cc2c(cc1C#N)N(c1nn(C3CCOCC3)c3c1CN(C(=O)NC)CC3)CCC2. The third-order valence-corrected chi connectivity index (χ3v) is 6.85. The number of aryl methyl sites for hydroxylation is 1. The number of nitriles is 1. The number of benzene rings is 1. The summed E-state index contributed by atoms with van der Waals surface area (Å²) in [7, 11) is 7.76. The minimum absolute atomic E-state index is 0.0704. The van der Waals surface area contributed by atoms with Gasteiger partial charge in [0.1, 0.15) is 7.85 Å². The second-order valence-corrected chi connectivity index (χ2v) is 8.70. The Morgan fingerprint density at radius 2 is 2.09 bits per heavy atom. The fourth-order valence-corrected chi connectivity index (χ4v) is 5.18. The molecule has 32 heavy (non-hydrogen) atoms. The second kappa shape index (κ2) is 8.51. The lowest BCUT2D eigenvalue weighted by Crippen LogP contribution is -2.42. The average molecular weight is 430 g/mol. The van der Waals surface area contributed by atoms with E-state index in [9.17, 15) is 10.1 Å². The van der Waals surface area contributed by atoms with E-state index < -0.39 is 0 Å². The van der Waals surface area contributed by atoms with Gasteiger partial charge in [0.2, 0.25) is 0 Å². The van der Waals surface area contributed by atoms with Gasteiger partial charge in [0.25, 0.3) is 0 Å². The molecule has 1 N–H and O–H groups in total. The Kier molecular flexibility index (Phi) is 5.56. The topological polar surface area (TPSA) is 86.4 Å². The lowest BCUT2D eigenvalue weighted by atomic mass is 9.86. The summed E-state index contributed by atoms with van der Waals surface area (Å²) >= 11 is 0.